The van der Waals surface area contributed by atoms with Crippen molar-refractivity contribution in [2.75, 3.05) is 11.1 Å². The highest BCUT2D eigenvalue weighted by atomic mass is 32.2. The van der Waals surface area contributed by atoms with Crippen LogP contribution in [-0.2, 0) is 0 Å². The molecule has 1 heterocycles. The van der Waals surface area contributed by atoms with E-state index in [4.69, 9.17) is 0 Å². The zero-order chi connectivity index (χ0) is 13.9. The zero-order valence-corrected chi connectivity index (χ0v) is 11.4. The number of para-hydroxylation sites is 1. The van der Waals surface area contributed by atoms with Crippen LogP contribution in [0.15, 0.2) is 59.1 Å². The Kier molecular flexibility index (Phi) is 3.44. The number of benzene rings is 2. The maximum Gasteiger partial charge on any atom is 0.131 e. The summed E-state index contributed by atoms with van der Waals surface area (Å²) in [4.78, 5) is 1.14. The Labute approximate surface area is 120 Å². The van der Waals surface area contributed by atoms with Gasteiger partial charge in [-0.05, 0) is 18.2 Å². The summed E-state index contributed by atoms with van der Waals surface area (Å²) < 4.78 is 13.9. The lowest BCUT2D eigenvalue weighted by Crippen LogP contribution is -2.11. The van der Waals surface area contributed by atoms with Crippen molar-refractivity contribution in [2.24, 2.45) is 0 Å². The maximum absolute atomic E-state index is 13.9. The third-order valence-electron chi connectivity index (χ3n) is 3.10. The van der Waals surface area contributed by atoms with Crippen molar-refractivity contribution in [3.63, 3.8) is 0 Å². The minimum Gasteiger partial charge on any atom is -0.356 e. The summed E-state index contributed by atoms with van der Waals surface area (Å²) in [6.07, 6.45) is 0. The Balaban J connectivity index is 2.06. The number of nitrogens with one attached hydrogen (secondary N) is 1. The lowest BCUT2D eigenvalue weighted by molar-refractivity contribution is 0.624. The van der Waals surface area contributed by atoms with E-state index in [2.05, 4.69) is 11.4 Å². The summed E-state index contributed by atoms with van der Waals surface area (Å²) in [6, 6.07) is 16.4. The smallest absolute Gasteiger partial charge is 0.131 e. The molecule has 4 heteroatoms. The second-order valence-corrected chi connectivity index (χ2v) is 5.37. The van der Waals surface area contributed by atoms with E-state index in [1.54, 1.807) is 30.0 Å². The van der Waals surface area contributed by atoms with Gasteiger partial charge in [-0.15, -0.1) is 11.8 Å². The number of thioether (sulfide) groups is 1. The zero-order valence-electron chi connectivity index (χ0n) is 10.6. The molecule has 0 bridgehead atoms. The SMILES string of the molecule is N#C/C(=C1\CSc2ccccc2N1)c1ccccc1F. The number of nitriles is 1. The average Bonchev–Trinajstić information content (AvgIpc) is 2.50. The van der Waals surface area contributed by atoms with Gasteiger partial charge in [0.1, 0.15) is 11.9 Å². The van der Waals surface area contributed by atoms with Crippen molar-refractivity contribution in [3.8, 4) is 6.07 Å². The van der Waals surface area contributed by atoms with Gasteiger partial charge in [0.25, 0.3) is 0 Å². The molecule has 0 radical (unpaired) electrons. The normalized spacial score (nSPS) is 15.8. The topological polar surface area (TPSA) is 35.8 Å². The van der Waals surface area contributed by atoms with E-state index >= 15 is 0 Å². The Bertz CT molecular complexity index is 731. The summed E-state index contributed by atoms with van der Waals surface area (Å²) in [6.45, 7) is 0. The lowest BCUT2D eigenvalue weighted by atomic mass is 10.0. The van der Waals surface area contributed by atoms with E-state index in [0.29, 0.717) is 16.9 Å². The van der Waals surface area contributed by atoms with Gasteiger partial charge in [0.15, 0.2) is 0 Å². The highest BCUT2D eigenvalue weighted by Crippen LogP contribution is 2.36. The lowest BCUT2D eigenvalue weighted by Gasteiger charge is -2.21. The van der Waals surface area contributed by atoms with Crippen molar-refractivity contribution < 1.29 is 4.39 Å². The predicted octanol–water partition coefficient (Wildman–Crippen LogP) is 4.28. The molecule has 0 atom stereocenters. The Morgan fingerprint density at radius 1 is 1.15 bits per heavy atom. The van der Waals surface area contributed by atoms with Crippen molar-refractivity contribution >= 4 is 23.0 Å². The molecule has 20 heavy (non-hydrogen) atoms. The van der Waals surface area contributed by atoms with Crippen LogP contribution in [0.5, 0.6) is 0 Å². The van der Waals surface area contributed by atoms with Gasteiger partial charge >= 0.3 is 0 Å². The highest BCUT2D eigenvalue weighted by molar-refractivity contribution is 7.99. The molecule has 0 aliphatic carbocycles. The highest BCUT2D eigenvalue weighted by Gasteiger charge is 2.18. The molecular weight excluding hydrogens is 271 g/mol. The molecule has 3 rings (SSSR count). The van der Waals surface area contributed by atoms with Crippen LogP contribution < -0.4 is 5.32 Å². The maximum atomic E-state index is 13.9. The van der Waals surface area contributed by atoms with Gasteiger partial charge in [-0.2, -0.15) is 5.26 Å². The predicted molar refractivity (Wildman–Crippen MR) is 79.7 cm³/mol. The fraction of sp³-hybridized carbons (Fsp3) is 0.0625. The first-order chi connectivity index (χ1) is 9.79. The molecule has 0 unspecified atom stereocenters. The van der Waals surface area contributed by atoms with Crippen molar-refractivity contribution in [1.29, 1.82) is 5.26 Å². The number of anilines is 1. The number of allylic oxidation sites excluding steroid dienone is 1. The Morgan fingerprint density at radius 2 is 1.90 bits per heavy atom. The largest absolute Gasteiger partial charge is 0.356 e. The molecule has 2 aromatic carbocycles. The number of nitrogens with zero attached hydrogens (tertiary/aromatic N) is 1. The first kappa shape index (κ1) is 12.8. The molecule has 2 nitrogen and oxygen atoms in total. The number of fused-ring (bicyclic) bond motifs is 1. The van der Waals surface area contributed by atoms with Crippen LogP contribution in [0, 0.1) is 17.1 Å². The van der Waals surface area contributed by atoms with Crippen LogP contribution in [0.3, 0.4) is 0 Å². The second-order valence-electron chi connectivity index (χ2n) is 4.36. The second kappa shape index (κ2) is 5.40. The molecular formula is C16H11FN2S. The van der Waals surface area contributed by atoms with E-state index in [9.17, 15) is 9.65 Å². The van der Waals surface area contributed by atoms with Crippen LogP contribution in [0.25, 0.3) is 5.57 Å². The minimum absolute atomic E-state index is 0.345. The summed E-state index contributed by atoms with van der Waals surface area (Å²) in [5.74, 6) is 0.260. The fourth-order valence-electron chi connectivity index (χ4n) is 2.13. The fourth-order valence-corrected chi connectivity index (χ4v) is 3.10. The number of rotatable bonds is 1. The summed E-state index contributed by atoms with van der Waals surface area (Å²) in [5, 5.41) is 12.6. The summed E-state index contributed by atoms with van der Waals surface area (Å²) in [5.41, 5.74) is 2.42. The van der Waals surface area contributed by atoms with Crippen LogP contribution >= 0.6 is 11.8 Å². The van der Waals surface area contributed by atoms with Crippen LogP contribution in [0.1, 0.15) is 5.56 Å². The van der Waals surface area contributed by atoms with Crippen molar-refractivity contribution in [1.82, 2.24) is 0 Å². The molecule has 0 saturated heterocycles. The molecule has 0 fully saturated rings. The van der Waals surface area contributed by atoms with Gasteiger partial charge in [-0.25, -0.2) is 4.39 Å². The van der Waals surface area contributed by atoms with E-state index in [1.165, 1.54) is 6.07 Å². The van der Waals surface area contributed by atoms with E-state index in [-0.39, 0.29) is 5.82 Å². The Hall–Kier alpha value is -2.25. The van der Waals surface area contributed by atoms with Crippen LogP contribution in [0.4, 0.5) is 10.1 Å². The van der Waals surface area contributed by atoms with Gasteiger partial charge in [0, 0.05) is 21.9 Å². The van der Waals surface area contributed by atoms with Crippen LogP contribution in [0.2, 0.25) is 0 Å². The first-order valence-corrected chi connectivity index (χ1v) is 7.15. The number of hydrogen-bond donors (Lipinski definition) is 1. The summed E-state index contributed by atoms with van der Waals surface area (Å²) in [7, 11) is 0. The van der Waals surface area contributed by atoms with E-state index < -0.39 is 0 Å². The number of hydrogen-bond acceptors (Lipinski definition) is 3. The van der Waals surface area contributed by atoms with Crippen molar-refractivity contribution in [3.05, 3.63) is 65.6 Å². The quantitative estimate of drug-likeness (QED) is 0.793. The monoisotopic (exact) mass is 282 g/mol. The minimum atomic E-state index is -0.373. The van der Waals surface area contributed by atoms with Crippen LogP contribution in [-0.4, -0.2) is 5.75 Å². The molecule has 1 aliphatic heterocycles. The van der Waals surface area contributed by atoms with Gasteiger partial charge in [0.2, 0.25) is 0 Å². The van der Waals surface area contributed by atoms with Gasteiger partial charge in [0.05, 0.1) is 11.3 Å². The third-order valence-corrected chi connectivity index (χ3v) is 4.20. The van der Waals surface area contributed by atoms with Gasteiger partial charge in [-0.3, -0.25) is 0 Å². The molecule has 0 saturated carbocycles. The molecule has 1 N–H and O–H groups in total. The third kappa shape index (κ3) is 2.28. The van der Waals surface area contributed by atoms with Crippen molar-refractivity contribution in [2.45, 2.75) is 4.90 Å². The standard InChI is InChI=1S/C16H11FN2S/c17-13-6-2-1-5-11(13)12(9-18)15-10-20-16-8-4-3-7-14(16)19-15/h1-8,19H,10H2/b15-12-. The van der Waals surface area contributed by atoms with Gasteiger partial charge in [-0.1, -0.05) is 30.3 Å². The molecule has 0 amide bonds. The molecule has 0 spiro atoms. The molecule has 0 aromatic heterocycles. The molecule has 1 aliphatic rings. The first-order valence-electron chi connectivity index (χ1n) is 6.16. The van der Waals surface area contributed by atoms with E-state index in [1.807, 2.05) is 24.3 Å². The van der Waals surface area contributed by atoms with Gasteiger partial charge < -0.3 is 5.32 Å². The molecule has 2 aromatic rings. The van der Waals surface area contributed by atoms with E-state index in [0.717, 1.165) is 16.3 Å². The Morgan fingerprint density at radius 3 is 2.70 bits per heavy atom. The summed E-state index contributed by atoms with van der Waals surface area (Å²) >= 11 is 1.65. The molecule has 98 valence electrons. The average molecular weight is 282 g/mol. The number of halogens is 1.